The molecule has 2 aliphatic heterocycles. The lowest BCUT2D eigenvalue weighted by molar-refractivity contribution is -0.124. The molecule has 5 nitrogen and oxygen atoms in total. The van der Waals surface area contributed by atoms with Crippen LogP contribution in [0.1, 0.15) is 32.6 Å². The molecule has 6 heteroatoms. The van der Waals surface area contributed by atoms with Crippen molar-refractivity contribution >= 4 is 18.3 Å². The lowest BCUT2D eigenvalue weighted by atomic mass is 9.92. The van der Waals surface area contributed by atoms with Crippen LogP contribution in [0.2, 0.25) is 0 Å². The van der Waals surface area contributed by atoms with E-state index in [1.54, 1.807) is 0 Å². The Bertz CT molecular complexity index is 296. The third-order valence-electron chi connectivity index (χ3n) is 4.24. The van der Waals surface area contributed by atoms with Crippen molar-refractivity contribution in [1.29, 1.82) is 0 Å². The van der Waals surface area contributed by atoms with Gasteiger partial charge in [-0.05, 0) is 45.1 Å². The Morgan fingerprint density at radius 3 is 2.75 bits per heavy atom. The van der Waals surface area contributed by atoms with Crippen molar-refractivity contribution in [2.24, 2.45) is 11.7 Å². The molecule has 0 aliphatic carbocycles. The Morgan fingerprint density at radius 2 is 2.10 bits per heavy atom. The van der Waals surface area contributed by atoms with Crippen LogP contribution in [-0.4, -0.2) is 55.7 Å². The molecule has 0 aromatic rings. The van der Waals surface area contributed by atoms with Crippen LogP contribution < -0.4 is 11.1 Å². The van der Waals surface area contributed by atoms with E-state index in [1.165, 1.54) is 6.42 Å². The summed E-state index contributed by atoms with van der Waals surface area (Å²) in [6, 6.07) is 0.525. The molecule has 2 aliphatic rings. The van der Waals surface area contributed by atoms with Gasteiger partial charge in [0.25, 0.3) is 0 Å². The average molecular weight is 306 g/mol. The Balaban J connectivity index is 0.00000200. The topological polar surface area (TPSA) is 67.6 Å². The molecule has 2 unspecified atom stereocenters. The van der Waals surface area contributed by atoms with Crippen molar-refractivity contribution < 1.29 is 9.53 Å². The second-order valence-electron chi connectivity index (χ2n) is 5.95. The number of nitrogens with two attached hydrogens (primary N) is 1. The lowest BCUT2D eigenvalue weighted by Crippen LogP contribution is -2.48. The van der Waals surface area contributed by atoms with Crippen LogP contribution in [0.3, 0.4) is 0 Å². The molecular weight excluding hydrogens is 278 g/mol. The second kappa shape index (κ2) is 8.82. The number of nitrogens with zero attached hydrogens (tertiary/aromatic N) is 1. The molecule has 2 heterocycles. The van der Waals surface area contributed by atoms with E-state index in [2.05, 4.69) is 17.1 Å². The van der Waals surface area contributed by atoms with Crippen molar-refractivity contribution in [2.45, 2.75) is 44.7 Å². The van der Waals surface area contributed by atoms with Crippen LogP contribution >= 0.6 is 12.4 Å². The number of rotatable bonds is 4. The standard InChI is InChI=1S/C14H27N3O2.ClH/c1-11(15)12-3-2-6-17(9-12)10-14(18)16-13-4-7-19-8-5-13;/h11-13H,2-10,15H2,1H3,(H,16,18);1H. The number of halogens is 1. The minimum absolute atomic E-state index is 0. The molecule has 0 spiro atoms. The highest BCUT2D eigenvalue weighted by molar-refractivity contribution is 5.85. The van der Waals surface area contributed by atoms with Gasteiger partial charge in [0.05, 0.1) is 6.54 Å². The van der Waals surface area contributed by atoms with E-state index < -0.39 is 0 Å². The zero-order valence-corrected chi connectivity index (χ0v) is 13.2. The number of likely N-dealkylation sites (tertiary alicyclic amines) is 1. The molecular formula is C14H28ClN3O2. The van der Waals surface area contributed by atoms with Crippen LogP contribution in [0.15, 0.2) is 0 Å². The van der Waals surface area contributed by atoms with Gasteiger partial charge in [0.15, 0.2) is 0 Å². The molecule has 0 radical (unpaired) electrons. The van der Waals surface area contributed by atoms with Gasteiger partial charge in [-0.15, -0.1) is 12.4 Å². The number of hydrogen-bond donors (Lipinski definition) is 2. The Kier molecular flexibility index (Phi) is 7.80. The van der Waals surface area contributed by atoms with Crippen LogP contribution in [-0.2, 0) is 9.53 Å². The lowest BCUT2D eigenvalue weighted by Gasteiger charge is -2.34. The zero-order chi connectivity index (χ0) is 13.7. The maximum absolute atomic E-state index is 12.0. The van der Waals surface area contributed by atoms with Gasteiger partial charge in [0.1, 0.15) is 0 Å². The van der Waals surface area contributed by atoms with E-state index in [0.29, 0.717) is 18.5 Å². The largest absolute Gasteiger partial charge is 0.381 e. The molecule has 1 amide bonds. The Labute approximate surface area is 128 Å². The first-order chi connectivity index (χ1) is 9.15. The second-order valence-corrected chi connectivity index (χ2v) is 5.95. The summed E-state index contributed by atoms with van der Waals surface area (Å²) in [7, 11) is 0. The summed E-state index contributed by atoms with van der Waals surface area (Å²) in [6.07, 6.45) is 4.22. The van der Waals surface area contributed by atoms with Crippen molar-refractivity contribution in [3.05, 3.63) is 0 Å². The SMILES string of the molecule is CC(N)C1CCCN(CC(=O)NC2CCOCC2)C1.Cl. The quantitative estimate of drug-likeness (QED) is 0.805. The summed E-state index contributed by atoms with van der Waals surface area (Å²) in [5.74, 6) is 0.682. The highest BCUT2D eigenvalue weighted by Crippen LogP contribution is 2.18. The molecule has 2 atom stereocenters. The van der Waals surface area contributed by atoms with Gasteiger partial charge < -0.3 is 15.8 Å². The van der Waals surface area contributed by atoms with Gasteiger partial charge in [0, 0.05) is 31.8 Å². The number of nitrogens with one attached hydrogen (secondary N) is 1. The van der Waals surface area contributed by atoms with E-state index in [0.717, 1.165) is 45.6 Å². The molecule has 3 N–H and O–H groups in total. The summed E-state index contributed by atoms with van der Waals surface area (Å²) in [5, 5.41) is 3.12. The highest BCUT2D eigenvalue weighted by Gasteiger charge is 2.24. The minimum atomic E-state index is 0. The Hall–Kier alpha value is -0.360. The van der Waals surface area contributed by atoms with Gasteiger partial charge in [-0.3, -0.25) is 9.69 Å². The van der Waals surface area contributed by atoms with Crippen LogP contribution in [0, 0.1) is 5.92 Å². The van der Waals surface area contributed by atoms with E-state index in [4.69, 9.17) is 10.5 Å². The number of hydrogen-bond acceptors (Lipinski definition) is 4. The van der Waals surface area contributed by atoms with Gasteiger partial charge in [0.2, 0.25) is 5.91 Å². The number of carbonyl (C=O) groups excluding carboxylic acids is 1. The molecule has 0 bridgehead atoms. The molecule has 2 rings (SSSR count). The summed E-state index contributed by atoms with van der Waals surface area (Å²) in [4.78, 5) is 14.3. The fourth-order valence-corrected chi connectivity index (χ4v) is 2.98. The molecule has 118 valence electrons. The maximum Gasteiger partial charge on any atom is 0.234 e. The van der Waals surface area contributed by atoms with Gasteiger partial charge in [-0.1, -0.05) is 0 Å². The molecule has 20 heavy (non-hydrogen) atoms. The van der Waals surface area contributed by atoms with Crippen molar-refractivity contribution in [3.63, 3.8) is 0 Å². The number of piperidine rings is 1. The smallest absolute Gasteiger partial charge is 0.234 e. The van der Waals surface area contributed by atoms with Crippen molar-refractivity contribution in [3.8, 4) is 0 Å². The van der Waals surface area contributed by atoms with E-state index in [1.807, 2.05) is 0 Å². The monoisotopic (exact) mass is 305 g/mol. The first-order valence-electron chi connectivity index (χ1n) is 7.50. The van der Waals surface area contributed by atoms with E-state index >= 15 is 0 Å². The van der Waals surface area contributed by atoms with Crippen molar-refractivity contribution in [2.75, 3.05) is 32.8 Å². The fourth-order valence-electron chi connectivity index (χ4n) is 2.98. The number of amides is 1. The van der Waals surface area contributed by atoms with Crippen LogP contribution in [0.4, 0.5) is 0 Å². The molecule has 2 fully saturated rings. The zero-order valence-electron chi connectivity index (χ0n) is 12.3. The van der Waals surface area contributed by atoms with Gasteiger partial charge in [-0.2, -0.15) is 0 Å². The third kappa shape index (κ3) is 5.56. The number of carbonyl (C=O) groups is 1. The average Bonchev–Trinajstić information content (AvgIpc) is 2.40. The molecule has 0 saturated carbocycles. The van der Waals surface area contributed by atoms with Crippen molar-refractivity contribution in [1.82, 2.24) is 10.2 Å². The van der Waals surface area contributed by atoms with E-state index in [9.17, 15) is 4.79 Å². The fraction of sp³-hybridized carbons (Fsp3) is 0.929. The van der Waals surface area contributed by atoms with E-state index in [-0.39, 0.29) is 24.4 Å². The third-order valence-corrected chi connectivity index (χ3v) is 4.24. The summed E-state index contributed by atoms with van der Waals surface area (Å²) >= 11 is 0. The molecule has 2 saturated heterocycles. The van der Waals surface area contributed by atoms with Gasteiger partial charge >= 0.3 is 0 Å². The predicted octanol–water partition coefficient (Wildman–Crippen LogP) is 0.763. The first-order valence-corrected chi connectivity index (χ1v) is 7.50. The maximum atomic E-state index is 12.0. The van der Waals surface area contributed by atoms with Crippen LogP contribution in [0.25, 0.3) is 0 Å². The first kappa shape index (κ1) is 17.7. The minimum Gasteiger partial charge on any atom is -0.381 e. The Morgan fingerprint density at radius 1 is 1.40 bits per heavy atom. The van der Waals surface area contributed by atoms with Gasteiger partial charge in [-0.25, -0.2) is 0 Å². The number of ether oxygens (including phenoxy) is 1. The predicted molar refractivity (Wildman–Crippen MR) is 82.0 cm³/mol. The summed E-state index contributed by atoms with van der Waals surface area (Å²) < 4.78 is 5.30. The highest BCUT2D eigenvalue weighted by atomic mass is 35.5. The summed E-state index contributed by atoms with van der Waals surface area (Å²) in [5.41, 5.74) is 5.97. The molecule has 0 aromatic carbocycles. The van der Waals surface area contributed by atoms with Crippen LogP contribution in [0.5, 0.6) is 0 Å². The summed E-state index contributed by atoms with van der Waals surface area (Å²) in [6.45, 7) is 6.09. The normalized spacial score (nSPS) is 26.6. The molecule has 0 aromatic heterocycles.